The molecule has 118 valence electrons. The first-order chi connectivity index (χ1) is 10.2. The normalized spacial score (nSPS) is 23.8. The lowest BCUT2D eigenvalue weighted by atomic mass is 9.89. The second-order valence-corrected chi connectivity index (χ2v) is 6.06. The molecule has 1 saturated carbocycles. The zero-order valence-electron chi connectivity index (χ0n) is 13.6. The van der Waals surface area contributed by atoms with Crippen LogP contribution in [0.15, 0.2) is 24.3 Å². The third-order valence-electron chi connectivity index (χ3n) is 4.40. The molecule has 1 aromatic carbocycles. The highest BCUT2D eigenvalue weighted by Crippen LogP contribution is 2.26. The van der Waals surface area contributed by atoms with Crippen LogP contribution in [-0.2, 0) is 4.74 Å². The van der Waals surface area contributed by atoms with E-state index in [0.29, 0.717) is 12.7 Å². The van der Waals surface area contributed by atoms with Gasteiger partial charge in [0.2, 0.25) is 0 Å². The van der Waals surface area contributed by atoms with E-state index in [2.05, 4.69) is 24.4 Å². The summed E-state index contributed by atoms with van der Waals surface area (Å²) < 4.78 is 11.6. The molecule has 1 aliphatic rings. The minimum Gasteiger partial charge on any atom is -0.494 e. The van der Waals surface area contributed by atoms with Gasteiger partial charge >= 0.3 is 0 Å². The number of likely N-dealkylation sites (N-methyl/N-ethyl adjacent to an activating group) is 1. The summed E-state index contributed by atoms with van der Waals surface area (Å²) in [7, 11) is 1.99. The highest BCUT2D eigenvalue weighted by Gasteiger charge is 2.20. The van der Waals surface area contributed by atoms with Crippen LogP contribution in [0.3, 0.4) is 0 Å². The Hall–Kier alpha value is -1.06. The van der Waals surface area contributed by atoms with Gasteiger partial charge in [-0.15, -0.1) is 0 Å². The molecule has 1 aromatic rings. The van der Waals surface area contributed by atoms with Crippen molar-refractivity contribution in [1.82, 2.24) is 5.32 Å². The highest BCUT2D eigenvalue weighted by molar-refractivity contribution is 5.29. The standard InChI is InChI=1S/C18H29NO2/c1-4-20-16-11-7-15(8-12-16)18(19-3)13-21-17-9-5-14(2)6-10-17/h7-8,11-12,14,17-19H,4-6,9-10,13H2,1-3H3. The maximum Gasteiger partial charge on any atom is 0.119 e. The molecule has 0 spiro atoms. The van der Waals surface area contributed by atoms with Crippen molar-refractivity contribution < 1.29 is 9.47 Å². The maximum absolute atomic E-state index is 6.12. The van der Waals surface area contributed by atoms with Crippen LogP contribution in [0.4, 0.5) is 0 Å². The smallest absolute Gasteiger partial charge is 0.119 e. The van der Waals surface area contributed by atoms with E-state index in [1.165, 1.54) is 31.2 Å². The Kier molecular flexibility index (Phi) is 6.52. The molecular weight excluding hydrogens is 262 g/mol. The first-order valence-electron chi connectivity index (χ1n) is 8.24. The molecule has 1 fully saturated rings. The van der Waals surface area contributed by atoms with E-state index >= 15 is 0 Å². The van der Waals surface area contributed by atoms with Gasteiger partial charge in [0.05, 0.1) is 25.4 Å². The number of rotatable bonds is 7. The second-order valence-electron chi connectivity index (χ2n) is 6.06. The summed E-state index contributed by atoms with van der Waals surface area (Å²) in [6.07, 6.45) is 5.47. The molecule has 3 nitrogen and oxygen atoms in total. The second kappa shape index (κ2) is 8.40. The predicted octanol–water partition coefficient (Wildman–Crippen LogP) is 3.94. The average molecular weight is 291 g/mol. The lowest BCUT2D eigenvalue weighted by Gasteiger charge is -2.28. The molecule has 0 amide bonds. The first-order valence-corrected chi connectivity index (χ1v) is 8.24. The van der Waals surface area contributed by atoms with Gasteiger partial charge in [-0.05, 0) is 63.3 Å². The highest BCUT2D eigenvalue weighted by atomic mass is 16.5. The number of ether oxygens (including phenoxy) is 2. The number of hydrogen-bond donors (Lipinski definition) is 1. The summed E-state index contributed by atoms with van der Waals surface area (Å²) in [6.45, 7) is 5.79. The summed E-state index contributed by atoms with van der Waals surface area (Å²) in [4.78, 5) is 0. The van der Waals surface area contributed by atoms with E-state index in [1.807, 2.05) is 26.1 Å². The summed E-state index contributed by atoms with van der Waals surface area (Å²) in [5.41, 5.74) is 1.25. The molecule has 1 unspecified atom stereocenters. The molecule has 1 N–H and O–H groups in total. The van der Waals surface area contributed by atoms with Crippen LogP contribution >= 0.6 is 0 Å². The number of benzene rings is 1. The summed E-state index contributed by atoms with van der Waals surface area (Å²) in [5.74, 6) is 1.80. The molecule has 1 atom stereocenters. The van der Waals surface area contributed by atoms with Crippen molar-refractivity contribution in [3.8, 4) is 5.75 Å². The third kappa shape index (κ3) is 5.01. The molecular formula is C18H29NO2. The van der Waals surface area contributed by atoms with Crippen LogP contribution in [0.5, 0.6) is 5.75 Å². The van der Waals surface area contributed by atoms with Gasteiger partial charge in [0.1, 0.15) is 5.75 Å². The van der Waals surface area contributed by atoms with Crippen molar-refractivity contribution in [2.45, 2.75) is 51.7 Å². The SMILES string of the molecule is CCOc1ccc(C(COC2CCC(C)CC2)NC)cc1. The molecule has 0 aliphatic heterocycles. The van der Waals surface area contributed by atoms with Crippen LogP contribution < -0.4 is 10.1 Å². The molecule has 3 heteroatoms. The molecule has 0 saturated heterocycles. The Bertz CT molecular complexity index is 396. The van der Waals surface area contributed by atoms with Crippen molar-refractivity contribution >= 4 is 0 Å². The zero-order chi connectivity index (χ0) is 15.1. The zero-order valence-corrected chi connectivity index (χ0v) is 13.6. The molecule has 1 aliphatic carbocycles. The largest absolute Gasteiger partial charge is 0.494 e. The molecule has 21 heavy (non-hydrogen) atoms. The Labute approximate surface area is 129 Å². The average Bonchev–Trinajstić information content (AvgIpc) is 2.51. The van der Waals surface area contributed by atoms with E-state index in [4.69, 9.17) is 9.47 Å². The summed E-state index contributed by atoms with van der Waals surface area (Å²) in [5, 5.41) is 3.35. The van der Waals surface area contributed by atoms with Gasteiger partial charge in [-0.3, -0.25) is 0 Å². The van der Waals surface area contributed by atoms with Crippen molar-refractivity contribution in [2.75, 3.05) is 20.3 Å². The van der Waals surface area contributed by atoms with Crippen LogP contribution in [-0.4, -0.2) is 26.4 Å². The quantitative estimate of drug-likeness (QED) is 0.825. The molecule has 0 aromatic heterocycles. The van der Waals surface area contributed by atoms with Gasteiger partial charge in [0, 0.05) is 0 Å². The predicted molar refractivity (Wildman–Crippen MR) is 86.8 cm³/mol. The monoisotopic (exact) mass is 291 g/mol. The molecule has 0 bridgehead atoms. The fourth-order valence-electron chi connectivity index (χ4n) is 2.94. The van der Waals surface area contributed by atoms with Crippen LogP contribution in [0.1, 0.15) is 51.1 Å². The fourth-order valence-corrected chi connectivity index (χ4v) is 2.94. The van der Waals surface area contributed by atoms with Gasteiger partial charge in [-0.1, -0.05) is 19.1 Å². The summed E-state index contributed by atoms with van der Waals surface area (Å²) in [6, 6.07) is 8.56. The number of hydrogen-bond acceptors (Lipinski definition) is 3. The summed E-state index contributed by atoms with van der Waals surface area (Å²) >= 11 is 0. The van der Waals surface area contributed by atoms with Gasteiger partial charge in [0.25, 0.3) is 0 Å². The molecule has 0 radical (unpaired) electrons. The van der Waals surface area contributed by atoms with E-state index in [1.54, 1.807) is 0 Å². The van der Waals surface area contributed by atoms with Crippen LogP contribution in [0.2, 0.25) is 0 Å². The number of nitrogens with one attached hydrogen (secondary N) is 1. The van der Waals surface area contributed by atoms with E-state index in [-0.39, 0.29) is 6.04 Å². The van der Waals surface area contributed by atoms with Crippen molar-refractivity contribution in [1.29, 1.82) is 0 Å². The minimum atomic E-state index is 0.250. The van der Waals surface area contributed by atoms with Gasteiger partial charge in [0.15, 0.2) is 0 Å². The Balaban J connectivity index is 1.84. The maximum atomic E-state index is 6.12. The van der Waals surface area contributed by atoms with E-state index < -0.39 is 0 Å². The topological polar surface area (TPSA) is 30.5 Å². The third-order valence-corrected chi connectivity index (χ3v) is 4.40. The van der Waals surface area contributed by atoms with Gasteiger partial charge in [-0.2, -0.15) is 0 Å². The van der Waals surface area contributed by atoms with Crippen molar-refractivity contribution in [2.24, 2.45) is 5.92 Å². The minimum absolute atomic E-state index is 0.250. The van der Waals surface area contributed by atoms with Crippen molar-refractivity contribution in [3.05, 3.63) is 29.8 Å². The van der Waals surface area contributed by atoms with E-state index in [9.17, 15) is 0 Å². The lowest BCUT2D eigenvalue weighted by Crippen LogP contribution is -2.27. The van der Waals surface area contributed by atoms with Crippen LogP contribution in [0.25, 0.3) is 0 Å². The van der Waals surface area contributed by atoms with Gasteiger partial charge in [-0.25, -0.2) is 0 Å². The Morgan fingerprint density at radius 2 is 1.81 bits per heavy atom. The molecule has 2 rings (SSSR count). The fraction of sp³-hybridized carbons (Fsp3) is 0.667. The Morgan fingerprint density at radius 1 is 1.14 bits per heavy atom. The molecule has 0 heterocycles. The lowest BCUT2D eigenvalue weighted by molar-refractivity contribution is 0.00881. The van der Waals surface area contributed by atoms with E-state index in [0.717, 1.165) is 18.3 Å². The first kappa shape index (κ1) is 16.3. The van der Waals surface area contributed by atoms with Crippen molar-refractivity contribution in [3.63, 3.8) is 0 Å². The van der Waals surface area contributed by atoms with Crippen LogP contribution in [0, 0.1) is 5.92 Å². The van der Waals surface area contributed by atoms with Gasteiger partial charge < -0.3 is 14.8 Å². The Morgan fingerprint density at radius 3 is 2.38 bits per heavy atom.